The Kier molecular flexibility index (Phi) is 5.69. The quantitative estimate of drug-likeness (QED) is 0.404. The first-order chi connectivity index (χ1) is 10.1. The van der Waals surface area contributed by atoms with Gasteiger partial charge in [-0.2, -0.15) is 0 Å². The van der Waals surface area contributed by atoms with Crippen molar-refractivity contribution < 1.29 is 14.6 Å². The number of carbonyl (C=O) groups is 1. The molecule has 0 aliphatic carbocycles. The molecular formula is C15H15N2O3Tl. The number of imidazole rings is 1. The van der Waals surface area contributed by atoms with Gasteiger partial charge in [-0.1, -0.05) is 0 Å². The standard InChI is InChI=1S/C15H15N2O3.Tl/c1-2-20-14(18)8-5-11-3-6-12(7-4-11)15(19)13-9-16-10-17-13;/h3-10,15,19H,2H2,1H3;/q-1;+1/b8-5+;. The molecule has 0 fully saturated rings. The van der Waals surface area contributed by atoms with Gasteiger partial charge in [0.1, 0.15) is 0 Å². The Hall–Kier alpha value is -1.48. The van der Waals surface area contributed by atoms with Crippen LogP contribution < -0.4 is 0 Å². The van der Waals surface area contributed by atoms with Crippen molar-refractivity contribution in [1.29, 1.82) is 0 Å². The number of hydrogen-bond donors (Lipinski definition) is 1. The second-order valence-corrected chi connectivity index (χ2v) is 6.72. The van der Waals surface area contributed by atoms with Gasteiger partial charge in [0.05, 0.1) is 6.61 Å². The summed E-state index contributed by atoms with van der Waals surface area (Å²) in [5.74, 6) is -0.361. The van der Waals surface area contributed by atoms with E-state index in [1.165, 1.54) is 6.08 Å². The fraction of sp³-hybridized carbons (Fsp3) is 0.200. The molecule has 1 heterocycles. The van der Waals surface area contributed by atoms with Crippen molar-refractivity contribution in [2.45, 2.75) is 13.0 Å². The van der Waals surface area contributed by atoms with Crippen molar-refractivity contribution in [3.8, 4) is 0 Å². The summed E-state index contributed by atoms with van der Waals surface area (Å²) in [6.45, 7) is 2.13. The van der Waals surface area contributed by atoms with Crippen LogP contribution in [-0.4, -0.2) is 51.1 Å². The van der Waals surface area contributed by atoms with E-state index in [0.717, 1.165) is 11.1 Å². The van der Waals surface area contributed by atoms with Crippen molar-refractivity contribution in [2.75, 3.05) is 6.61 Å². The number of ether oxygens (including phenoxy) is 1. The summed E-state index contributed by atoms with van der Waals surface area (Å²) >= 11 is 0.638. The molecule has 0 aliphatic heterocycles. The van der Waals surface area contributed by atoms with E-state index >= 15 is 0 Å². The predicted molar refractivity (Wildman–Crippen MR) is 79.5 cm³/mol. The summed E-state index contributed by atoms with van der Waals surface area (Å²) in [6, 6.07) is 7.33. The molecule has 2 rings (SSSR count). The summed E-state index contributed by atoms with van der Waals surface area (Å²) in [6.07, 6.45) is 5.91. The van der Waals surface area contributed by atoms with Gasteiger partial charge in [-0.3, -0.25) is 0 Å². The van der Waals surface area contributed by atoms with Crippen LogP contribution in [0.4, 0.5) is 0 Å². The molecule has 5 nitrogen and oxygen atoms in total. The minimum atomic E-state index is -0.729. The molecular weight excluding hydrogens is 461 g/mol. The number of esters is 1. The Morgan fingerprint density at radius 2 is 2.19 bits per heavy atom. The van der Waals surface area contributed by atoms with Gasteiger partial charge in [0, 0.05) is 0 Å². The summed E-state index contributed by atoms with van der Waals surface area (Å²) in [5, 5.41) is 10.2. The van der Waals surface area contributed by atoms with Gasteiger partial charge in [-0.05, 0) is 6.92 Å². The van der Waals surface area contributed by atoms with E-state index in [0.29, 0.717) is 38.4 Å². The van der Waals surface area contributed by atoms with E-state index in [9.17, 15) is 9.90 Å². The number of nitrogens with zero attached hydrogens (tertiary/aromatic N) is 2. The van der Waals surface area contributed by atoms with Gasteiger partial charge in [0.2, 0.25) is 0 Å². The second-order valence-electron chi connectivity index (χ2n) is 4.40. The molecule has 0 saturated carbocycles. The van der Waals surface area contributed by atoms with Crippen LogP contribution in [0, 0.1) is 0 Å². The van der Waals surface area contributed by atoms with Gasteiger partial charge in [0.25, 0.3) is 0 Å². The molecule has 21 heavy (non-hydrogen) atoms. The molecule has 6 heteroatoms. The first kappa shape index (κ1) is 15.9. The van der Waals surface area contributed by atoms with Gasteiger partial charge >= 0.3 is 126 Å². The number of benzene rings is 1. The minimum absolute atomic E-state index is 0.361. The number of aromatic nitrogens is 2. The molecule has 1 unspecified atom stereocenters. The monoisotopic (exact) mass is 476 g/mol. The van der Waals surface area contributed by atoms with E-state index in [1.54, 1.807) is 19.3 Å². The van der Waals surface area contributed by atoms with E-state index in [4.69, 9.17) is 4.74 Å². The average Bonchev–Trinajstić information content (AvgIpc) is 2.92. The van der Waals surface area contributed by atoms with Crippen LogP contribution in [0.1, 0.15) is 29.8 Å². The zero-order valence-corrected chi connectivity index (χ0v) is 16.1. The van der Waals surface area contributed by atoms with E-state index in [1.807, 2.05) is 32.8 Å². The zero-order chi connectivity index (χ0) is 15.2. The number of carbonyl (C=O) groups excluding carboxylic acids is 1. The number of rotatable bonds is 5. The van der Waals surface area contributed by atoms with Crippen molar-refractivity contribution in [2.24, 2.45) is 0 Å². The summed E-state index contributed by atoms with van der Waals surface area (Å²) in [7, 11) is 0. The molecule has 0 bridgehead atoms. The van der Waals surface area contributed by atoms with Crippen LogP contribution in [0.25, 0.3) is 6.08 Å². The second kappa shape index (κ2) is 7.51. The van der Waals surface area contributed by atoms with Crippen LogP contribution in [0.2, 0.25) is 0 Å². The summed E-state index contributed by atoms with van der Waals surface area (Å²) < 4.78 is 6.77. The summed E-state index contributed by atoms with van der Waals surface area (Å²) in [4.78, 5) is 15.4. The van der Waals surface area contributed by atoms with Crippen LogP contribution in [0.5, 0.6) is 0 Å². The van der Waals surface area contributed by atoms with Gasteiger partial charge in [-0.25, -0.2) is 0 Å². The topological polar surface area (TPSA) is 64.3 Å². The first-order valence-corrected chi connectivity index (χ1v) is 8.52. The Balaban J connectivity index is 2.06. The van der Waals surface area contributed by atoms with Gasteiger partial charge in [-0.15, -0.1) is 0 Å². The molecule has 1 atom stereocenters. The van der Waals surface area contributed by atoms with Crippen molar-refractivity contribution >= 4 is 38.1 Å². The maximum absolute atomic E-state index is 11.2. The van der Waals surface area contributed by atoms with Crippen LogP contribution in [-0.2, 0) is 9.53 Å². The summed E-state index contributed by atoms with van der Waals surface area (Å²) in [5.41, 5.74) is 2.29. The van der Waals surface area contributed by atoms with Crippen LogP contribution in [0.3, 0.4) is 0 Å². The fourth-order valence-corrected chi connectivity index (χ4v) is 2.66. The third kappa shape index (κ3) is 4.50. The SMILES string of the molecule is CCOC(=O)/C=C/c1ccc(C(O)c2c[n]([Tl])cn2)cc1. The van der Waals surface area contributed by atoms with Gasteiger partial charge in [0.15, 0.2) is 0 Å². The van der Waals surface area contributed by atoms with Crippen molar-refractivity contribution in [3.05, 3.63) is 59.7 Å². The molecule has 0 aliphatic rings. The van der Waals surface area contributed by atoms with Gasteiger partial charge < -0.3 is 0 Å². The number of aliphatic hydroxyl groups is 1. The maximum atomic E-state index is 11.2. The molecule has 0 amide bonds. The van der Waals surface area contributed by atoms with E-state index < -0.39 is 6.10 Å². The van der Waals surface area contributed by atoms with Crippen LogP contribution in [0.15, 0.2) is 42.9 Å². The Labute approximate surface area is 139 Å². The fourth-order valence-electron chi connectivity index (χ4n) is 1.81. The molecule has 0 spiro atoms. The third-order valence-corrected chi connectivity index (χ3v) is 3.95. The van der Waals surface area contributed by atoms with Crippen LogP contribution >= 0.6 is 0 Å². The Bertz CT molecular complexity index is 635. The predicted octanol–water partition coefficient (Wildman–Crippen LogP) is 1.47. The number of hydrogen-bond acceptors (Lipinski definition) is 4. The third-order valence-electron chi connectivity index (χ3n) is 2.85. The first-order valence-electron chi connectivity index (χ1n) is 6.52. The van der Waals surface area contributed by atoms with Crippen molar-refractivity contribution in [1.82, 2.24) is 7.36 Å². The molecule has 2 aromatic rings. The molecule has 1 aromatic carbocycles. The average molecular weight is 476 g/mol. The van der Waals surface area contributed by atoms with Crippen molar-refractivity contribution in [3.63, 3.8) is 0 Å². The molecule has 0 saturated heterocycles. The number of aliphatic hydroxyl groups excluding tert-OH is 1. The normalized spacial score (nSPS) is 12.4. The molecule has 0 radical (unpaired) electrons. The van der Waals surface area contributed by atoms with E-state index in [2.05, 4.69) is 4.98 Å². The zero-order valence-electron chi connectivity index (χ0n) is 11.6. The molecule has 1 aromatic heterocycles. The van der Waals surface area contributed by atoms with E-state index in [-0.39, 0.29) is 5.97 Å². The Morgan fingerprint density at radius 1 is 1.48 bits per heavy atom. The Morgan fingerprint density at radius 3 is 2.76 bits per heavy atom. The molecule has 1 N–H and O–H groups in total. The molecule has 106 valence electrons.